The van der Waals surface area contributed by atoms with Crippen molar-refractivity contribution >= 4 is 11.6 Å². The summed E-state index contributed by atoms with van der Waals surface area (Å²) in [4.78, 5) is 0. The molecule has 16 heavy (non-hydrogen) atoms. The Morgan fingerprint density at radius 3 is 2.38 bits per heavy atom. The Bertz CT molecular complexity index is 558. The van der Waals surface area contributed by atoms with Gasteiger partial charge in [-0.2, -0.15) is 5.26 Å². The van der Waals surface area contributed by atoms with Crippen molar-refractivity contribution < 1.29 is 4.39 Å². The molecular formula is C13H7ClFN. The van der Waals surface area contributed by atoms with Crippen LogP contribution in [0.15, 0.2) is 42.5 Å². The minimum absolute atomic E-state index is 0.0151. The number of rotatable bonds is 1. The number of hydrogen-bond donors (Lipinski definition) is 0. The first kappa shape index (κ1) is 10.7. The molecule has 0 fully saturated rings. The van der Waals surface area contributed by atoms with Crippen molar-refractivity contribution in [3.05, 3.63) is 58.9 Å². The molecule has 0 saturated carbocycles. The molecule has 0 aliphatic heterocycles. The van der Waals surface area contributed by atoms with Crippen molar-refractivity contribution in [2.24, 2.45) is 0 Å². The van der Waals surface area contributed by atoms with E-state index in [0.717, 1.165) is 5.56 Å². The van der Waals surface area contributed by atoms with E-state index in [1.165, 1.54) is 6.07 Å². The lowest BCUT2D eigenvalue weighted by atomic mass is 10.00. The molecule has 0 radical (unpaired) electrons. The van der Waals surface area contributed by atoms with E-state index in [0.29, 0.717) is 5.56 Å². The van der Waals surface area contributed by atoms with Crippen LogP contribution in [0.4, 0.5) is 4.39 Å². The summed E-state index contributed by atoms with van der Waals surface area (Å²) in [5.74, 6) is -0.662. The Labute approximate surface area is 97.7 Å². The predicted molar refractivity (Wildman–Crippen MR) is 61.6 cm³/mol. The molecule has 2 rings (SSSR count). The third kappa shape index (κ3) is 1.78. The molecule has 0 bridgehead atoms. The van der Waals surface area contributed by atoms with Gasteiger partial charge < -0.3 is 0 Å². The summed E-state index contributed by atoms with van der Waals surface area (Å²) in [7, 11) is 0. The van der Waals surface area contributed by atoms with Gasteiger partial charge in [-0.15, -0.1) is 0 Å². The molecule has 1 nitrogen and oxygen atoms in total. The fraction of sp³-hybridized carbons (Fsp3) is 0. The molecular weight excluding hydrogens is 225 g/mol. The van der Waals surface area contributed by atoms with Crippen LogP contribution in [0.3, 0.4) is 0 Å². The average Bonchev–Trinajstić information content (AvgIpc) is 2.33. The van der Waals surface area contributed by atoms with Gasteiger partial charge in [0.2, 0.25) is 0 Å². The van der Waals surface area contributed by atoms with Crippen LogP contribution in [0, 0.1) is 17.1 Å². The van der Waals surface area contributed by atoms with Crippen LogP contribution in [-0.4, -0.2) is 0 Å². The Kier molecular flexibility index (Phi) is 2.89. The molecule has 0 atom stereocenters. The Morgan fingerprint density at radius 1 is 1.06 bits per heavy atom. The van der Waals surface area contributed by atoms with Gasteiger partial charge in [0.25, 0.3) is 0 Å². The van der Waals surface area contributed by atoms with E-state index < -0.39 is 5.82 Å². The summed E-state index contributed by atoms with van der Waals surface area (Å²) in [6.07, 6.45) is 0. The smallest absolute Gasteiger partial charge is 0.160 e. The first-order chi connectivity index (χ1) is 7.74. The van der Waals surface area contributed by atoms with E-state index in [4.69, 9.17) is 16.9 Å². The average molecular weight is 232 g/mol. The van der Waals surface area contributed by atoms with E-state index in [9.17, 15) is 4.39 Å². The highest BCUT2D eigenvalue weighted by atomic mass is 35.5. The fourth-order valence-electron chi connectivity index (χ4n) is 1.52. The Morgan fingerprint density at radius 2 is 1.75 bits per heavy atom. The molecule has 0 aliphatic carbocycles. The maximum atomic E-state index is 13.6. The normalized spacial score (nSPS) is 9.81. The standard InChI is InChI=1S/C13H7ClFN/c14-12-7-6-10(11(8-16)13(12)15)9-4-2-1-3-5-9/h1-7H. The van der Waals surface area contributed by atoms with Crippen LogP contribution in [0.2, 0.25) is 5.02 Å². The van der Waals surface area contributed by atoms with Crippen molar-refractivity contribution in [1.29, 1.82) is 5.26 Å². The van der Waals surface area contributed by atoms with Crippen LogP contribution in [-0.2, 0) is 0 Å². The molecule has 2 aromatic carbocycles. The van der Waals surface area contributed by atoms with Gasteiger partial charge in [0.15, 0.2) is 5.82 Å². The largest absolute Gasteiger partial charge is 0.204 e. The van der Waals surface area contributed by atoms with Gasteiger partial charge in [0.05, 0.1) is 10.6 Å². The van der Waals surface area contributed by atoms with Crippen LogP contribution in [0.1, 0.15) is 5.56 Å². The number of hydrogen-bond acceptors (Lipinski definition) is 1. The van der Waals surface area contributed by atoms with Gasteiger partial charge in [0, 0.05) is 5.56 Å². The molecule has 0 N–H and O–H groups in total. The van der Waals surface area contributed by atoms with Crippen LogP contribution in [0.25, 0.3) is 11.1 Å². The summed E-state index contributed by atoms with van der Waals surface area (Å²) in [6.45, 7) is 0. The number of benzene rings is 2. The van der Waals surface area contributed by atoms with Crippen molar-refractivity contribution in [3.8, 4) is 17.2 Å². The van der Waals surface area contributed by atoms with Gasteiger partial charge in [-0.1, -0.05) is 48.0 Å². The highest BCUT2D eigenvalue weighted by Crippen LogP contribution is 2.28. The first-order valence-electron chi connectivity index (χ1n) is 4.67. The third-order valence-electron chi connectivity index (χ3n) is 2.29. The molecule has 0 amide bonds. The van der Waals surface area contributed by atoms with E-state index in [1.807, 2.05) is 36.4 Å². The van der Waals surface area contributed by atoms with Crippen molar-refractivity contribution in [2.45, 2.75) is 0 Å². The summed E-state index contributed by atoms with van der Waals surface area (Å²) in [5.41, 5.74) is 1.35. The number of nitrogens with zero attached hydrogens (tertiary/aromatic N) is 1. The Hall–Kier alpha value is -1.85. The minimum Gasteiger partial charge on any atom is -0.204 e. The van der Waals surface area contributed by atoms with Crippen molar-refractivity contribution in [2.75, 3.05) is 0 Å². The van der Waals surface area contributed by atoms with E-state index in [1.54, 1.807) is 6.07 Å². The second kappa shape index (κ2) is 4.34. The lowest BCUT2D eigenvalue weighted by Crippen LogP contribution is -1.90. The SMILES string of the molecule is N#Cc1c(-c2ccccc2)ccc(Cl)c1F. The van der Waals surface area contributed by atoms with Crippen molar-refractivity contribution in [1.82, 2.24) is 0 Å². The fourth-order valence-corrected chi connectivity index (χ4v) is 1.68. The van der Waals surface area contributed by atoms with E-state index in [-0.39, 0.29) is 10.6 Å². The first-order valence-corrected chi connectivity index (χ1v) is 5.05. The summed E-state index contributed by atoms with van der Waals surface area (Å²) < 4.78 is 13.6. The molecule has 0 unspecified atom stereocenters. The topological polar surface area (TPSA) is 23.8 Å². The molecule has 0 saturated heterocycles. The van der Waals surface area contributed by atoms with Crippen molar-refractivity contribution in [3.63, 3.8) is 0 Å². The lowest BCUT2D eigenvalue weighted by molar-refractivity contribution is 0.625. The quantitative estimate of drug-likeness (QED) is 0.727. The Balaban J connectivity index is 2.68. The monoisotopic (exact) mass is 231 g/mol. The predicted octanol–water partition coefficient (Wildman–Crippen LogP) is 4.02. The molecule has 0 heterocycles. The van der Waals surface area contributed by atoms with Gasteiger partial charge >= 0.3 is 0 Å². The maximum absolute atomic E-state index is 13.6. The number of nitriles is 1. The third-order valence-corrected chi connectivity index (χ3v) is 2.58. The van der Waals surface area contributed by atoms with Gasteiger partial charge in [-0.25, -0.2) is 4.39 Å². The van der Waals surface area contributed by atoms with E-state index in [2.05, 4.69) is 0 Å². The zero-order valence-corrected chi connectivity index (χ0v) is 9.00. The molecule has 3 heteroatoms. The minimum atomic E-state index is -0.662. The number of halogens is 2. The van der Waals surface area contributed by atoms with Gasteiger partial charge in [-0.05, 0) is 11.6 Å². The van der Waals surface area contributed by atoms with E-state index >= 15 is 0 Å². The van der Waals surface area contributed by atoms with Crippen LogP contribution < -0.4 is 0 Å². The lowest BCUT2D eigenvalue weighted by Gasteiger charge is -2.05. The highest BCUT2D eigenvalue weighted by Gasteiger charge is 2.12. The second-order valence-electron chi connectivity index (χ2n) is 3.26. The molecule has 0 spiro atoms. The molecule has 0 aliphatic rings. The molecule has 0 aromatic heterocycles. The highest BCUT2D eigenvalue weighted by molar-refractivity contribution is 6.31. The van der Waals surface area contributed by atoms with Gasteiger partial charge in [0.1, 0.15) is 6.07 Å². The molecule has 2 aromatic rings. The van der Waals surface area contributed by atoms with Crippen LogP contribution in [0.5, 0.6) is 0 Å². The van der Waals surface area contributed by atoms with Crippen LogP contribution >= 0.6 is 11.6 Å². The van der Waals surface area contributed by atoms with Gasteiger partial charge in [-0.3, -0.25) is 0 Å². The zero-order chi connectivity index (χ0) is 11.5. The maximum Gasteiger partial charge on any atom is 0.160 e. The summed E-state index contributed by atoms with van der Waals surface area (Å²) in [5, 5.41) is 8.91. The molecule has 78 valence electrons. The summed E-state index contributed by atoms with van der Waals surface area (Å²) >= 11 is 5.63. The second-order valence-corrected chi connectivity index (χ2v) is 3.67. The summed E-state index contributed by atoms with van der Waals surface area (Å²) in [6, 6.07) is 14.1. The zero-order valence-electron chi connectivity index (χ0n) is 8.24.